The number of aryl methyl sites for hydroxylation is 1. The molecule has 2 fully saturated rings. The van der Waals surface area contributed by atoms with Crippen molar-refractivity contribution in [2.75, 3.05) is 13.1 Å². The normalized spacial score (nSPS) is 23.0. The van der Waals surface area contributed by atoms with Gasteiger partial charge in [-0.3, -0.25) is 9.59 Å². The molecule has 0 radical (unpaired) electrons. The number of aromatic nitrogens is 2. The summed E-state index contributed by atoms with van der Waals surface area (Å²) in [4.78, 5) is 33.2. The molecular weight excluding hydrogens is 280 g/mol. The number of amides is 2. The summed E-state index contributed by atoms with van der Waals surface area (Å²) >= 11 is 0. The van der Waals surface area contributed by atoms with Gasteiger partial charge in [0.25, 0.3) is 5.91 Å². The summed E-state index contributed by atoms with van der Waals surface area (Å²) in [5.74, 6) is 0.603. The highest BCUT2D eigenvalue weighted by Gasteiger charge is 2.32. The van der Waals surface area contributed by atoms with E-state index in [4.69, 9.17) is 0 Å². The molecule has 0 bridgehead atoms. The van der Waals surface area contributed by atoms with Gasteiger partial charge in [0.05, 0.1) is 12.4 Å². The number of rotatable bonds is 4. The van der Waals surface area contributed by atoms with Crippen LogP contribution in [0, 0.1) is 12.8 Å². The van der Waals surface area contributed by atoms with E-state index >= 15 is 0 Å². The lowest BCUT2D eigenvalue weighted by atomic mass is 9.89. The van der Waals surface area contributed by atoms with Gasteiger partial charge in [-0.05, 0) is 25.7 Å². The standard InChI is InChI=1S/C16H24N4O2/c1-11-15(18-10-17-11)16(22)19-13-7-14(21)20(9-13)8-12-5-3-2-4-6-12/h10,12-13H,2-9H2,1H3,(H,17,18)(H,19,22). The molecule has 1 aromatic rings. The second-order valence-electron chi connectivity index (χ2n) is 6.55. The first-order chi connectivity index (χ1) is 10.6. The lowest BCUT2D eigenvalue weighted by Gasteiger charge is -2.27. The molecular formula is C16H24N4O2. The molecule has 1 aliphatic carbocycles. The second kappa shape index (κ2) is 6.50. The minimum absolute atomic E-state index is 0.0975. The Bertz CT molecular complexity index is 548. The number of nitrogens with one attached hydrogen (secondary N) is 2. The molecule has 22 heavy (non-hydrogen) atoms. The Kier molecular flexibility index (Phi) is 4.45. The van der Waals surface area contributed by atoms with Gasteiger partial charge in [-0.1, -0.05) is 19.3 Å². The molecule has 2 N–H and O–H groups in total. The van der Waals surface area contributed by atoms with Gasteiger partial charge in [-0.2, -0.15) is 0 Å². The molecule has 1 saturated heterocycles. The molecule has 120 valence electrons. The molecule has 6 heteroatoms. The van der Waals surface area contributed by atoms with E-state index in [1.165, 1.54) is 38.4 Å². The second-order valence-corrected chi connectivity index (χ2v) is 6.55. The summed E-state index contributed by atoms with van der Waals surface area (Å²) in [6.07, 6.45) is 8.27. The Morgan fingerprint density at radius 3 is 2.86 bits per heavy atom. The summed E-state index contributed by atoms with van der Waals surface area (Å²) in [7, 11) is 0. The fraction of sp³-hybridized carbons (Fsp3) is 0.688. The minimum atomic E-state index is -0.198. The number of carbonyl (C=O) groups is 2. The van der Waals surface area contributed by atoms with E-state index in [0.717, 1.165) is 12.2 Å². The van der Waals surface area contributed by atoms with E-state index in [9.17, 15) is 9.59 Å². The van der Waals surface area contributed by atoms with Crippen LogP contribution in [-0.2, 0) is 4.79 Å². The molecule has 2 heterocycles. The summed E-state index contributed by atoms with van der Waals surface area (Å²) in [5, 5.41) is 2.94. The fourth-order valence-electron chi connectivity index (χ4n) is 3.57. The third-order valence-electron chi connectivity index (χ3n) is 4.80. The average molecular weight is 304 g/mol. The SMILES string of the molecule is Cc1[nH]cnc1C(=O)NC1CC(=O)N(CC2CCCCC2)C1. The summed E-state index contributed by atoms with van der Waals surface area (Å²) in [6.45, 7) is 3.30. The molecule has 3 rings (SSSR count). The first-order valence-corrected chi connectivity index (χ1v) is 8.22. The molecule has 0 aromatic carbocycles. The van der Waals surface area contributed by atoms with Crippen molar-refractivity contribution in [3.63, 3.8) is 0 Å². The molecule has 2 amide bonds. The molecule has 1 aliphatic heterocycles. The Balaban J connectivity index is 1.53. The molecule has 1 unspecified atom stereocenters. The van der Waals surface area contributed by atoms with Crippen molar-refractivity contribution in [2.24, 2.45) is 5.92 Å². The van der Waals surface area contributed by atoms with Gasteiger partial charge in [0, 0.05) is 25.2 Å². The van der Waals surface area contributed by atoms with E-state index in [0.29, 0.717) is 24.6 Å². The maximum absolute atomic E-state index is 12.2. The zero-order chi connectivity index (χ0) is 15.5. The Morgan fingerprint density at radius 1 is 1.41 bits per heavy atom. The lowest BCUT2D eigenvalue weighted by molar-refractivity contribution is -0.128. The third-order valence-corrected chi connectivity index (χ3v) is 4.80. The maximum atomic E-state index is 12.2. The summed E-state index contributed by atoms with van der Waals surface area (Å²) in [5.41, 5.74) is 1.17. The van der Waals surface area contributed by atoms with Crippen LogP contribution in [0.1, 0.15) is 54.7 Å². The summed E-state index contributed by atoms with van der Waals surface area (Å²) < 4.78 is 0. The fourth-order valence-corrected chi connectivity index (χ4v) is 3.57. The average Bonchev–Trinajstić information content (AvgIpc) is 3.07. The van der Waals surface area contributed by atoms with Crippen LogP contribution in [-0.4, -0.2) is 45.8 Å². The predicted octanol–water partition coefficient (Wildman–Crippen LogP) is 1.63. The Labute approximate surface area is 130 Å². The number of carbonyl (C=O) groups excluding carboxylic acids is 2. The quantitative estimate of drug-likeness (QED) is 0.887. The number of hydrogen-bond donors (Lipinski definition) is 2. The van der Waals surface area contributed by atoms with Gasteiger partial charge in [-0.15, -0.1) is 0 Å². The lowest BCUT2D eigenvalue weighted by Crippen LogP contribution is -2.38. The maximum Gasteiger partial charge on any atom is 0.272 e. The van der Waals surface area contributed by atoms with E-state index in [1.807, 2.05) is 11.8 Å². The van der Waals surface area contributed by atoms with E-state index < -0.39 is 0 Å². The largest absolute Gasteiger partial charge is 0.348 e. The highest BCUT2D eigenvalue weighted by atomic mass is 16.2. The van der Waals surface area contributed by atoms with Gasteiger partial charge < -0.3 is 15.2 Å². The number of hydrogen-bond acceptors (Lipinski definition) is 3. The summed E-state index contributed by atoms with van der Waals surface area (Å²) in [6, 6.07) is -0.0975. The first-order valence-electron chi connectivity index (χ1n) is 8.22. The smallest absolute Gasteiger partial charge is 0.272 e. The monoisotopic (exact) mass is 304 g/mol. The van der Waals surface area contributed by atoms with Crippen molar-refractivity contribution in [2.45, 2.75) is 51.5 Å². The van der Waals surface area contributed by atoms with Crippen LogP contribution in [0.2, 0.25) is 0 Å². The van der Waals surface area contributed by atoms with Crippen LogP contribution < -0.4 is 5.32 Å². The van der Waals surface area contributed by atoms with E-state index in [-0.39, 0.29) is 17.9 Å². The predicted molar refractivity (Wildman–Crippen MR) is 82.4 cm³/mol. The Hall–Kier alpha value is -1.85. The van der Waals surface area contributed by atoms with Crippen molar-refractivity contribution >= 4 is 11.8 Å². The van der Waals surface area contributed by atoms with E-state index in [2.05, 4.69) is 15.3 Å². The molecule has 1 atom stereocenters. The first kappa shape index (κ1) is 15.1. The number of aromatic amines is 1. The zero-order valence-electron chi connectivity index (χ0n) is 13.1. The molecule has 1 saturated carbocycles. The van der Waals surface area contributed by atoms with Gasteiger partial charge in [0.2, 0.25) is 5.91 Å². The van der Waals surface area contributed by atoms with Gasteiger partial charge in [0.15, 0.2) is 0 Å². The van der Waals surface area contributed by atoms with Crippen LogP contribution >= 0.6 is 0 Å². The zero-order valence-corrected chi connectivity index (χ0v) is 13.1. The molecule has 0 spiro atoms. The number of imidazole rings is 1. The van der Waals surface area contributed by atoms with Crippen LogP contribution in [0.4, 0.5) is 0 Å². The van der Waals surface area contributed by atoms with Crippen molar-refractivity contribution in [3.05, 3.63) is 17.7 Å². The molecule has 2 aliphatic rings. The van der Waals surface area contributed by atoms with Crippen LogP contribution in [0.3, 0.4) is 0 Å². The highest BCUT2D eigenvalue weighted by molar-refractivity contribution is 5.94. The molecule has 6 nitrogen and oxygen atoms in total. The minimum Gasteiger partial charge on any atom is -0.348 e. The van der Waals surface area contributed by atoms with E-state index in [1.54, 1.807) is 0 Å². The Morgan fingerprint density at radius 2 is 2.18 bits per heavy atom. The highest BCUT2D eigenvalue weighted by Crippen LogP contribution is 2.26. The van der Waals surface area contributed by atoms with Crippen LogP contribution in [0.15, 0.2) is 6.33 Å². The topological polar surface area (TPSA) is 78.1 Å². The van der Waals surface area contributed by atoms with Crippen molar-refractivity contribution in [3.8, 4) is 0 Å². The van der Waals surface area contributed by atoms with Crippen LogP contribution in [0.5, 0.6) is 0 Å². The third kappa shape index (κ3) is 3.31. The van der Waals surface area contributed by atoms with Gasteiger partial charge in [0.1, 0.15) is 5.69 Å². The van der Waals surface area contributed by atoms with Crippen molar-refractivity contribution in [1.82, 2.24) is 20.2 Å². The van der Waals surface area contributed by atoms with Gasteiger partial charge in [-0.25, -0.2) is 4.98 Å². The van der Waals surface area contributed by atoms with Crippen molar-refractivity contribution < 1.29 is 9.59 Å². The number of likely N-dealkylation sites (tertiary alicyclic amines) is 1. The van der Waals surface area contributed by atoms with Crippen LogP contribution in [0.25, 0.3) is 0 Å². The van der Waals surface area contributed by atoms with Crippen molar-refractivity contribution in [1.29, 1.82) is 0 Å². The molecule has 1 aromatic heterocycles. The van der Waals surface area contributed by atoms with Gasteiger partial charge >= 0.3 is 0 Å². The number of nitrogens with zero attached hydrogens (tertiary/aromatic N) is 2. The number of H-pyrrole nitrogens is 1.